The summed E-state index contributed by atoms with van der Waals surface area (Å²) in [6.45, 7) is 5.69. The van der Waals surface area contributed by atoms with Crippen LogP contribution >= 0.6 is 31.9 Å². The fourth-order valence-corrected chi connectivity index (χ4v) is 6.71. The molecule has 1 N–H and O–H groups in total. The molecule has 3 rings (SSSR count). The largest absolute Gasteiger partial charge is 0.496 e. The van der Waals surface area contributed by atoms with Crippen LogP contribution in [0, 0.1) is 6.92 Å². The minimum atomic E-state index is -4.19. The van der Waals surface area contributed by atoms with Crippen LogP contribution in [0.3, 0.4) is 0 Å². The number of halogens is 2. The molecule has 2 amide bonds. The van der Waals surface area contributed by atoms with Gasteiger partial charge in [0.15, 0.2) is 0 Å². The average Bonchev–Trinajstić information content (AvgIpc) is 2.94. The second-order valence-electron chi connectivity index (χ2n) is 9.62. The van der Waals surface area contributed by atoms with Crippen LogP contribution in [0.2, 0.25) is 0 Å². The summed E-state index contributed by atoms with van der Waals surface area (Å²) in [5.74, 6) is -0.338. The lowest BCUT2D eigenvalue weighted by atomic mass is 10.1. The molecule has 0 bridgehead atoms. The molecule has 0 aromatic heterocycles. The molecule has 0 aliphatic heterocycles. The lowest BCUT2D eigenvalue weighted by molar-refractivity contribution is -0.139. The topological polar surface area (TPSA) is 96.0 Å². The van der Waals surface area contributed by atoms with E-state index in [2.05, 4.69) is 37.2 Å². The maximum Gasteiger partial charge on any atom is 0.264 e. The lowest BCUT2D eigenvalue weighted by Gasteiger charge is -2.32. The second kappa shape index (κ2) is 14.8. The molecular formula is C30H35Br2N3O5S. The molecule has 0 saturated heterocycles. The van der Waals surface area contributed by atoms with Crippen LogP contribution in [0.15, 0.2) is 80.6 Å². The van der Waals surface area contributed by atoms with Gasteiger partial charge in [-0.1, -0.05) is 59.1 Å². The first-order valence-corrected chi connectivity index (χ1v) is 16.2. The standard InChI is InChI=1S/C30H35Br2N3O5S/c1-5-6-16-33-30(37)22(3)34(19-23-8-7-9-24(31)17-23)29(36)20-35(25-12-10-21(2)11-13-25)41(38,39)26-14-15-28(40-4)27(32)18-26/h7-15,17-18,22H,5-6,16,19-20H2,1-4H3,(H,33,37)/t22-/m1/s1. The van der Waals surface area contributed by atoms with Gasteiger partial charge < -0.3 is 15.0 Å². The van der Waals surface area contributed by atoms with Crippen LogP contribution in [0.1, 0.15) is 37.8 Å². The molecule has 3 aromatic carbocycles. The van der Waals surface area contributed by atoms with Crippen LogP contribution in [-0.4, -0.2) is 51.4 Å². The summed E-state index contributed by atoms with van der Waals surface area (Å²) >= 11 is 6.82. The second-order valence-corrected chi connectivity index (χ2v) is 13.2. The zero-order valence-corrected chi connectivity index (χ0v) is 27.6. The van der Waals surface area contributed by atoms with Gasteiger partial charge in [0.25, 0.3) is 10.0 Å². The highest BCUT2D eigenvalue weighted by atomic mass is 79.9. The molecule has 0 aliphatic carbocycles. The number of hydrogen-bond donors (Lipinski definition) is 1. The summed E-state index contributed by atoms with van der Waals surface area (Å²) in [5, 5.41) is 2.89. The molecule has 41 heavy (non-hydrogen) atoms. The van der Waals surface area contributed by atoms with Crippen molar-refractivity contribution in [2.24, 2.45) is 0 Å². The number of benzene rings is 3. The van der Waals surface area contributed by atoms with Gasteiger partial charge in [-0.2, -0.15) is 0 Å². The Bertz CT molecular complexity index is 1470. The minimum absolute atomic E-state index is 0.0116. The number of unbranched alkanes of at least 4 members (excludes halogenated alkanes) is 1. The normalized spacial score (nSPS) is 12.0. The number of ether oxygens (including phenoxy) is 1. The van der Waals surface area contributed by atoms with Gasteiger partial charge in [0.05, 0.1) is 22.2 Å². The van der Waals surface area contributed by atoms with E-state index in [1.54, 1.807) is 37.3 Å². The number of carbonyl (C=O) groups is 2. The van der Waals surface area contributed by atoms with Crippen molar-refractivity contribution in [3.63, 3.8) is 0 Å². The van der Waals surface area contributed by atoms with E-state index in [4.69, 9.17) is 4.74 Å². The number of nitrogens with one attached hydrogen (secondary N) is 1. The molecule has 220 valence electrons. The molecule has 0 unspecified atom stereocenters. The Morgan fingerprint density at radius 1 is 1.02 bits per heavy atom. The smallest absolute Gasteiger partial charge is 0.264 e. The molecule has 1 atom stereocenters. The fraction of sp³-hybridized carbons (Fsp3) is 0.333. The Balaban J connectivity index is 2.02. The Kier molecular flexibility index (Phi) is 11.8. The van der Waals surface area contributed by atoms with Crippen LogP contribution in [0.4, 0.5) is 5.69 Å². The molecule has 11 heteroatoms. The van der Waals surface area contributed by atoms with Crippen molar-refractivity contribution < 1.29 is 22.7 Å². The molecule has 0 radical (unpaired) electrons. The van der Waals surface area contributed by atoms with E-state index in [1.165, 1.54) is 24.1 Å². The van der Waals surface area contributed by atoms with Crippen molar-refractivity contribution in [2.75, 3.05) is 24.5 Å². The SMILES string of the molecule is CCCCNC(=O)[C@@H](C)N(Cc1cccc(Br)c1)C(=O)CN(c1ccc(C)cc1)S(=O)(=O)c1ccc(OC)c(Br)c1. The van der Waals surface area contributed by atoms with Gasteiger partial charge in [-0.05, 0) is 84.2 Å². The number of rotatable bonds is 13. The third kappa shape index (κ3) is 8.56. The van der Waals surface area contributed by atoms with Gasteiger partial charge in [0, 0.05) is 17.6 Å². The number of amides is 2. The maximum absolute atomic E-state index is 14.0. The number of nitrogens with zero attached hydrogens (tertiary/aromatic N) is 2. The van der Waals surface area contributed by atoms with Crippen molar-refractivity contribution in [3.05, 3.63) is 86.8 Å². The van der Waals surface area contributed by atoms with E-state index in [-0.39, 0.29) is 17.3 Å². The van der Waals surface area contributed by atoms with Crippen molar-refractivity contribution in [3.8, 4) is 5.75 Å². The summed E-state index contributed by atoms with van der Waals surface area (Å²) in [4.78, 5) is 28.5. The van der Waals surface area contributed by atoms with E-state index in [0.717, 1.165) is 32.7 Å². The Morgan fingerprint density at radius 2 is 1.73 bits per heavy atom. The first kappa shape index (κ1) is 32.6. The number of hydrogen-bond acceptors (Lipinski definition) is 5. The summed E-state index contributed by atoms with van der Waals surface area (Å²) in [6.07, 6.45) is 1.73. The number of carbonyl (C=O) groups excluding carboxylic acids is 2. The van der Waals surface area contributed by atoms with Crippen molar-refractivity contribution >= 4 is 59.4 Å². The molecular weight excluding hydrogens is 674 g/mol. The first-order chi connectivity index (χ1) is 19.5. The molecule has 8 nitrogen and oxygen atoms in total. The molecule has 0 spiro atoms. The van der Waals surface area contributed by atoms with Gasteiger partial charge in [-0.3, -0.25) is 13.9 Å². The van der Waals surface area contributed by atoms with Crippen LogP contribution in [0.5, 0.6) is 5.75 Å². The van der Waals surface area contributed by atoms with E-state index in [9.17, 15) is 18.0 Å². The van der Waals surface area contributed by atoms with Crippen molar-refractivity contribution in [1.82, 2.24) is 10.2 Å². The summed E-state index contributed by atoms with van der Waals surface area (Å²) in [7, 11) is -2.70. The number of anilines is 1. The highest BCUT2D eigenvalue weighted by Crippen LogP contribution is 2.31. The van der Waals surface area contributed by atoms with Crippen LogP contribution in [-0.2, 0) is 26.2 Å². The predicted molar refractivity (Wildman–Crippen MR) is 168 cm³/mol. The quantitative estimate of drug-likeness (QED) is 0.218. The Hall–Kier alpha value is -2.89. The fourth-order valence-electron chi connectivity index (χ4n) is 4.13. The number of aryl methyl sites for hydroxylation is 1. The van der Waals surface area contributed by atoms with E-state index in [0.29, 0.717) is 22.5 Å². The minimum Gasteiger partial charge on any atom is -0.496 e. The predicted octanol–water partition coefficient (Wildman–Crippen LogP) is 6.06. The summed E-state index contributed by atoms with van der Waals surface area (Å²) < 4.78 is 35.7. The average molecular weight is 710 g/mol. The molecule has 0 fully saturated rings. The molecule has 0 saturated carbocycles. The number of sulfonamides is 1. The first-order valence-electron chi connectivity index (χ1n) is 13.2. The van der Waals surface area contributed by atoms with E-state index in [1.807, 2.05) is 38.1 Å². The molecule has 0 aliphatic rings. The third-order valence-corrected chi connectivity index (χ3v) is 9.43. The lowest BCUT2D eigenvalue weighted by Crippen LogP contribution is -2.51. The highest BCUT2D eigenvalue weighted by molar-refractivity contribution is 9.10. The monoisotopic (exact) mass is 707 g/mol. The van der Waals surface area contributed by atoms with E-state index < -0.39 is 28.5 Å². The highest BCUT2D eigenvalue weighted by Gasteiger charge is 2.32. The zero-order chi connectivity index (χ0) is 30.2. The van der Waals surface area contributed by atoms with Crippen molar-refractivity contribution in [1.29, 1.82) is 0 Å². The zero-order valence-electron chi connectivity index (χ0n) is 23.6. The summed E-state index contributed by atoms with van der Waals surface area (Å²) in [6, 6.07) is 17.9. The van der Waals surface area contributed by atoms with Crippen molar-refractivity contribution in [2.45, 2.75) is 51.1 Å². The third-order valence-electron chi connectivity index (χ3n) is 6.55. The summed E-state index contributed by atoms with van der Waals surface area (Å²) in [5.41, 5.74) is 2.07. The van der Waals surface area contributed by atoms with Gasteiger partial charge in [0.1, 0.15) is 18.3 Å². The van der Waals surface area contributed by atoms with Crippen LogP contribution < -0.4 is 14.4 Å². The Morgan fingerprint density at radius 3 is 2.34 bits per heavy atom. The van der Waals surface area contributed by atoms with E-state index >= 15 is 0 Å². The van der Waals surface area contributed by atoms with Gasteiger partial charge in [-0.25, -0.2) is 8.42 Å². The Labute approximate surface area is 259 Å². The van der Waals surface area contributed by atoms with Crippen LogP contribution in [0.25, 0.3) is 0 Å². The molecule has 0 heterocycles. The molecule has 3 aromatic rings. The maximum atomic E-state index is 14.0. The number of methoxy groups -OCH3 is 1. The van der Waals surface area contributed by atoms with Gasteiger partial charge >= 0.3 is 0 Å². The van der Waals surface area contributed by atoms with Gasteiger partial charge in [0.2, 0.25) is 11.8 Å². The van der Waals surface area contributed by atoms with Gasteiger partial charge in [-0.15, -0.1) is 0 Å².